The molecule has 1 heterocycles. The SMILES string of the molecule is CN(Cc1cccc(Br)c1)CC1(CBr)CCOCC1. The van der Waals surface area contributed by atoms with E-state index in [0.29, 0.717) is 5.41 Å². The van der Waals surface area contributed by atoms with Gasteiger partial charge in [0.15, 0.2) is 0 Å². The minimum Gasteiger partial charge on any atom is -0.381 e. The number of ether oxygens (including phenoxy) is 1. The van der Waals surface area contributed by atoms with Crippen LogP contribution >= 0.6 is 31.9 Å². The second-order valence-electron chi connectivity index (χ2n) is 5.55. The maximum Gasteiger partial charge on any atom is 0.0472 e. The van der Waals surface area contributed by atoms with Crippen LogP contribution in [0, 0.1) is 5.41 Å². The maximum absolute atomic E-state index is 5.50. The number of alkyl halides is 1. The minimum atomic E-state index is 0.374. The fourth-order valence-corrected chi connectivity index (χ4v) is 3.90. The fourth-order valence-electron chi connectivity index (χ4n) is 2.71. The summed E-state index contributed by atoms with van der Waals surface area (Å²) in [6, 6.07) is 8.55. The van der Waals surface area contributed by atoms with Gasteiger partial charge in [-0.05, 0) is 43.0 Å². The van der Waals surface area contributed by atoms with Crippen LogP contribution in [0.15, 0.2) is 28.7 Å². The third-order valence-electron chi connectivity index (χ3n) is 3.78. The molecule has 19 heavy (non-hydrogen) atoms. The largest absolute Gasteiger partial charge is 0.381 e. The molecular weight excluding hydrogens is 370 g/mol. The van der Waals surface area contributed by atoms with E-state index in [-0.39, 0.29) is 0 Å². The lowest BCUT2D eigenvalue weighted by Gasteiger charge is -2.38. The summed E-state index contributed by atoms with van der Waals surface area (Å²) >= 11 is 7.24. The lowest BCUT2D eigenvalue weighted by molar-refractivity contribution is 0.0110. The van der Waals surface area contributed by atoms with Gasteiger partial charge in [-0.15, -0.1) is 0 Å². The van der Waals surface area contributed by atoms with Crippen LogP contribution in [0.1, 0.15) is 18.4 Å². The molecule has 0 atom stereocenters. The number of halogens is 2. The van der Waals surface area contributed by atoms with Crippen molar-refractivity contribution in [3.05, 3.63) is 34.3 Å². The number of hydrogen-bond acceptors (Lipinski definition) is 2. The van der Waals surface area contributed by atoms with Crippen molar-refractivity contribution in [1.29, 1.82) is 0 Å². The van der Waals surface area contributed by atoms with Gasteiger partial charge in [0.05, 0.1) is 0 Å². The van der Waals surface area contributed by atoms with Crippen molar-refractivity contribution >= 4 is 31.9 Å². The Balaban J connectivity index is 1.94. The average molecular weight is 391 g/mol. The van der Waals surface area contributed by atoms with Crippen molar-refractivity contribution in [3.8, 4) is 0 Å². The van der Waals surface area contributed by atoms with Gasteiger partial charge in [0, 0.05) is 36.1 Å². The summed E-state index contributed by atoms with van der Waals surface area (Å²) in [5.74, 6) is 0. The summed E-state index contributed by atoms with van der Waals surface area (Å²) < 4.78 is 6.65. The second-order valence-corrected chi connectivity index (χ2v) is 7.02. The van der Waals surface area contributed by atoms with Gasteiger partial charge in [-0.25, -0.2) is 0 Å². The Bertz CT molecular complexity index is 405. The highest BCUT2D eigenvalue weighted by Crippen LogP contribution is 2.33. The van der Waals surface area contributed by atoms with Crippen LogP contribution < -0.4 is 0 Å². The number of hydrogen-bond donors (Lipinski definition) is 0. The summed E-state index contributed by atoms with van der Waals surface area (Å²) in [6.45, 7) is 3.91. The molecule has 1 aromatic carbocycles. The van der Waals surface area contributed by atoms with E-state index in [1.807, 2.05) is 0 Å². The Hall–Kier alpha value is 0.1000. The molecule has 0 saturated carbocycles. The van der Waals surface area contributed by atoms with Crippen LogP contribution in [0.5, 0.6) is 0 Å². The molecule has 1 aromatic rings. The zero-order valence-corrected chi connectivity index (χ0v) is 14.5. The Morgan fingerprint density at radius 2 is 2.05 bits per heavy atom. The van der Waals surface area contributed by atoms with Crippen LogP contribution in [0.4, 0.5) is 0 Å². The van der Waals surface area contributed by atoms with E-state index in [2.05, 4.69) is 68.1 Å². The van der Waals surface area contributed by atoms with Crippen molar-refractivity contribution in [2.24, 2.45) is 5.41 Å². The van der Waals surface area contributed by atoms with Gasteiger partial charge in [-0.3, -0.25) is 0 Å². The van der Waals surface area contributed by atoms with Crippen molar-refractivity contribution < 1.29 is 4.74 Å². The van der Waals surface area contributed by atoms with Gasteiger partial charge < -0.3 is 9.64 Å². The normalized spacial score (nSPS) is 18.7. The van der Waals surface area contributed by atoms with Crippen LogP contribution in [0.3, 0.4) is 0 Å². The highest BCUT2D eigenvalue weighted by molar-refractivity contribution is 9.10. The third-order valence-corrected chi connectivity index (χ3v) is 5.47. The molecule has 4 heteroatoms. The molecule has 0 unspecified atom stereocenters. The van der Waals surface area contributed by atoms with Crippen molar-refractivity contribution in [2.45, 2.75) is 19.4 Å². The van der Waals surface area contributed by atoms with Crippen molar-refractivity contribution in [3.63, 3.8) is 0 Å². The van der Waals surface area contributed by atoms with Gasteiger partial charge in [-0.2, -0.15) is 0 Å². The molecule has 0 amide bonds. The fraction of sp³-hybridized carbons (Fsp3) is 0.600. The first-order chi connectivity index (χ1) is 9.13. The van der Waals surface area contributed by atoms with E-state index >= 15 is 0 Å². The first-order valence-electron chi connectivity index (χ1n) is 6.70. The Morgan fingerprint density at radius 1 is 1.32 bits per heavy atom. The van der Waals surface area contributed by atoms with Crippen LogP contribution in [0.2, 0.25) is 0 Å². The van der Waals surface area contributed by atoms with E-state index in [0.717, 1.165) is 48.9 Å². The average Bonchev–Trinajstić information content (AvgIpc) is 2.39. The highest BCUT2D eigenvalue weighted by Gasteiger charge is 2.32. The first-order valence-corrected chi connectivity index (χ1v) is 8.62. The van der Waals surface area contributed by atoms with E-state index < -0.39 is 0 Å². The summed E-state index contributed by atoms with van der Waals surface area (Å²) in [4.78, 5) is 2.42. The quantitative estimate of drug-likeness (QED) is 0.702. The minimum absolute atomic E-state index is 0.374. The zero-order chi connectivity index (χ0) is 13.7. The summed E-state index contributed by atoms with van der Waals surface area (Å²) in [7, 11) is 2.21. The van der Waals surface area contributed by atoms with E-state index in [4.69, 9.17) is 4.74 Å². The lowest BCUT2D eigenvalue weighted by Crippen LogP contribution is -2.41. The van der Waals surface area contributed by atoms with Crippen molar-refractivity contribution in [2.75, 3.05) is 32.1 Å². The Kier molecular flexibility index (Phi) is 5.87. The molecule has 0 bridgehead atoms. The number of rotatable bonds is 5. The molecule has 1 aliphatic heterocycles. The molecule has 106 valence electrons. The molecule has 0 radical (unpaired) electrons. The zero-order valence-electron chi connectivity index (χ0n) is 11.4. The second kappa shape index (κ2) is 7.21. The Morgan fingerprint density at radius 3 is 2.68 bits per heavy atom. The topological polar surface area (TPSA) is 12.5 Å². The van der Waals surface area contributed by atoms with Crippen LogP contribution in [0.25, 0.3) is 0 Å². The predicted octanol–water partition coefficient (Wildman–Crippen LogP) is 4.07. The van der Waals surface area contributed by atoms with Gasteiger partial charge in [0.2, 0.25) is 0 Å². The molecule has 0 aromatic heterocycles. The van der Waals surface area contributed by atoms with E-state index in [1.54, 1.807) is 0 Å². The first kappa shape index (κ1) is 15.5. The van der Waals surface area contributed by atoms with E-state index in [9.17, 15) is 0 Å². The van der Waals surface area contributed by atoms with E-state index in [1.165, 1.54) is 5.56 Å². The molecule has 0 N–H and O–H groups in total. The molecule has 1 saturated heterocycles. The molecule has 0 aliphatic carbocycles. The number of nitrogens with zero attached hydrogens (tertiary/aromatic N) is 1. The highest BCUT2D eigenvalue weighted by atomic mass is 79.9. The molecule has 1 aliphatic rings. The van der Waals surface area contributed by atoms with Crippen molar-refractivity contribution in [1.82, 2.24) is 4.90 Å². The molecule has 1 fully saturated rings. The van der Waals surface area contributed by atoms with Crippen LogP contribution in [-0.4, -0.2) is 37.0 Å². The monoisotopic (exact) mass is 389 g/mol. The van der Waals surface area contributed by atoms with Gasteiger partial charge in [0.1, 0.15) is 0 Å². The van der Waals surface area contributed by atoms with Gasteiger partial charge in [-0.1, -0.05) is 44.0 Å². The smallest absolute Gasteiger partial charge is 0.0472 e. The van der Waals surface area contributed by atoms with Gasteiger partial charge in [0.25, 0.3) is 0 Å². The van der Waals surface area contributed by atoms with Crippen LogP contribution in [-0.2, 0) is 11.3 Å². The summed E-state index contributed by atoms with van der Waals surface area (Å²) in [5.41, 5.74) is 1.73. The lowest BCUT2D eigenvalue weighted by atomic mass is 9.82. The maximum atomic E-state index is 5.50. The molecule has 2 nitrogen and oxygen atoms in total. The molecular formula is C15H21Br2NO. The molecule has 0 spiro atoms. The standard InChI is InChI=1S/C15H21Br2NO/c1-18(10-13-3-2-4-14(17)9-13)12-15(11-16)5-7-19-8-6-15/h2-4,9H,5-8,10-12H2,1H3. The Labute approximate surface area is 132 Å². The summed E-state index contributed by atoms with van der Waals surface area (Å²) in [6.07, 6.45) is 2.31. The number of benzene rings is 1. The predicted molar refractivity (Wildman–Crippen MR) is 86.8 cm³/mol. The third kappa shape index (κ3) is 4.55. The molecule has 2 rings (SSSR count). The van der Waals surface area contributed by atoms with Gasteiger partial charge >= 0.3 is 0 Å². The summed E-state index contributed by atoms with van der Waals surface area (Å²) in [5, 5.41) is 1.06.